The number of carbonyl (C=O) groups excluding carboxylic acids is 2. The number of nitrogens with one attached hydrogen (secondary N) is 2. The van der Waals surface area contributed by atoms with Crippen LogP contribution in [0.25, 0.3) is 0 Å². The average molecular weight is 484 g/mol. The molecule has 0 aromatic heterocycles. The molecule has 138 valence electrons. The number of hydrogen-bond donors (Lipinski definition) is 2. The predicted octanol–water partition coefficient (Wildman–Crippen LogP) is 4.35. The highest BCUT2D eigenvalue weighted by molar-refractivity contribution is 9.10. The van der Waals surface area contributed by atoms with Gasteiger partial charge in [0.1, 0.15) is 5.75 Å². The van der Waals surface area contributed by atoms with Crippen molar-refractivity contribution in [1.82, 2.24) is 10.9 Å². The van der Waals surface area contributed by atoms with Crippen molar-refractivity contribution in [3.8, 4) is 5.75 Å². The molecule has 0 aliphatic carbocycles. The fourth-order valence-electron chi connectivity index (χ4n) is 2.09. The normalized spacial score (nSPS) is 11.0. The number of amides is 2. The van der Waals surface area contributed by atoms with E-state index in [2.05, 4.69) is 63.5 Å². The van der Waals surface area contributed by atoms with Gasteiger partial charge in [-0.1, -0.05) is 48.8 Å². The monoisotopic (exact) mass is 482 g/mol. The third-order valence-corrected chi connectivity index (χ3v) is 4.67. The second-order valence-electron chi connectivity index (χ2n) is 6.70. The van der Waals surface area contributed by atoms with Gasteiger partial charge in [0.25, 0.3) is 11.8 Å². The van der Waals surface area contributed by atoms with Crippen molar-refractivity contribution in [2.45, 2.75) is 26.2 Å². The first-order valence-corrected chi connectivity index (χ1v) is 9.53. The van der Waals surface area contributed by atoms with Crippen LogP contribution in [0, 0.1) is 0 Å². The van der Waals surface area contributed by atoms with Crippen molar-refractivity contribution in [3.63, 3.8) is 0 Å². The van der Waals surface area contributed by atoms with E-state index in [1.165, 1.54) is 0 Å². The first kappa shape index (κ1) is 20.5. The maximum atomic E-state index is 12.0. The Morgan fingerprint density at radius 1 is 1.04 bits per heavy atom. The molecule has 0 bridgehead atoms. The number of rotatable bonds is 4. The maximum absolute atomic E-state index is 12.0. The lowest BCUT2D eigenvalue weighted by atomic mass is 9.87. The highest BCUT2D eigenvalue weighted by Gasteiger charge is 2.16. The summed E-state index contributed by atoms with van der Waals surface area (Å²) in [6, 6.07) is 12.6. The van der Waals surface area contributed by atoms with E-state index in [1.807, 2.05) is 24.3 Å². The van der Waals surface area contributed by atoms with Gasteiger partial charge >= 0.3 is 0 Å². The van der Waals surface area contributed by atoms with Crippen LogP contribution in [0.3, 0.4) is 0 Å². The fraction of sp³-hybridized carbons (Fsp3) is 0.263. The van der Waals surface area contributed by atoms with Gasteiger partial charge in [-0.25, -0.2) is 0 Å². The van der Waals surface area contributed by atoms with Crippen LogP contribution in [0.5, 0.6) is 5.75 Å². The molecule has 7 heteroatoms. The van der Waals surface area contributed by atoms with Crippen LogP contribution < -0.4 is 15.6 Å². The summed E-state index contributed by atoms with van der Waals surface area (Å²) in [4.78, 5) is 23.8. The number of hydrazine groups is 1. The molecule has 0 aliphatic rings. The van der Waals surface area contributed by atoms with E-state index in [9.17, 15) is 9.59 Å². The molecule has 0 saturated heterocycles. The second kappa shape index (κ2) is 8.68. The van der Waals surface area contributed by atoms with Gasteiger partial charge in [-0.05, 0) is 57.2 Å². The molecule has 2 aromatic carbocycles. The van der Waals surface area contributed by atoms with Gasteiger partial charge in [0.2, 0.25) is 0 Å². The molecule has 2 rings (SSSR count). The summed E-state index contributed by atoms with van der Waals surface area (Å²) >= 11 is 6.75. The molecule has 0 saturated carbocycles. The van der Waals surface area contributed by atoms with E-state index in [0.717, 1.165) is 14.5 Å². The van der Waals surface area contributed by atoms with Crippen molar-refractivity contribution < 1.29 is 14.3 Å². The minimum absolute atomic E-state index is 0.0230. The summed E-state index contributed by atoms with van der Waals surface area (Å²) in [5.41, 5.74) is 6.30. The highest BCUT2D eigenvalue weighted by Crippen LogP contribution is 2.31. The number of ether oxygens (including phenoxy) is 1. The zero-order chi connectivity index (χ0) is 19.3. The van der Waals surface area contributed by atoms with Gasteiger partial charge in [0, 0.05) is 10.0 Å². The average Bonchev–Trinajstić information content (AvgIpc) is 2.57. The van der Waals surface area contributed by atoms with Gasteiger partial charge < -0.3 is 4.74 Å². The molecule has 0 atom stereocenters. The van der Waals surface area contributed by atoms with Crippen molar-refractivity contribution in [1.29, 1.82) is 0 Å². The standard InChI is InChI=1S/C19H20Br2N2O3/c1-19(2,3)13-7-8-16(15(21)10-13)26-11-17(24)22-23-18(25)12-5-4-6-14(20)9-12/h4-10H,11H2,1-3H3,(H,22,24)(H,23,25). The Morgan fingerprint density at radius 3 is 2.38 bits per heavy atom. The molecular formula is C19H20Br2N2O3. The highest BCUT2D eigenvalue weighted by atomic mass is 79.9. The predicted molar refractivity (Wildman–Crippen MR) is 108 cm³/mol. The van der Waals surface area contributed by atoms with Crippen molar-refractivity contribution in [2.75, 3.05) is 6.61 Å². The molecule has 0 unspecified atom stereocenters. The third kappa shape index (κ3) is 5.85. The summed E-state index contributed by atoms with van der Waals surface area (Å²) in [6.45, 7) is 6.15. The van der Waals surface area contributed by atoms with Crippen molar-refractivity contribution >= 4 is 43.7 Å². The Labute approximate surface area is 169 Å². The summed E-state index contributed by atoms with van der Waals surface area (Å²) in [6.07, 6.45) is 0. The minimum atomic E-state index is -0.458. The Kier molecular flexibility index (Phi) is 6.83. The lowest BCUT2D eigenvalue weighted by Gasteiger charge is -2.20. The minimum Gasteiger partial charge on any atom is -0.483 e. The Bertz CT molecular complexity index is 817. The number of hydrogen-bond acceptors (Lipinski definition) is 3. The summed E-state index contributed by atoms with van der Waals surface area (Å²) in [7, 11) is 0. The van der Waals surface area contributed by atoms with Gasteiger partial charge in [-0.2, -0.15) is 0 Å². The summed E-state index contributed by atoms with van der Waals surface area (Å²) in [5.74, 6) is -0.304. The van der Waals surface area contributed by atoms with E-state index in [-0.39, 0.29) is 12.0 Å². The molecule has 0 spiro atoms. The van der Waals surface area contributed by atoms with Gasteiger partial charge in [-0.3, -0.25) is 20.4 Å². The topological polar surface area (TPSA) is 67.4 Å². The van der Waals surface area contributed by atoms with Crippen LogP contribution in [0.2, 0.25) is 0 Å². The van der Waals surface area contributed by atoms with Crippen LogP contribution in [0.4, 0.5) is 0 Å². The maximum Gasteiger partial charge on any atom is 0.276 e. The summed E-state index contributed by atoms with van der Waals surface area (Å²) in [5, 5.41) is 0. The smallest absolute Gasteiger partial charge is 0.276 e. The molecule has 0 aliphatic heterocycles. The number of halogens is 2. The first-order chi connectivity index (χ1) is 12.2. The van der Waals surface area contributed by atoms with Crippen molar-refractivity contribution in [3.05, 3.63) is 62.5 Å². The van der Waals surface area contributed by atoms with E-state index < -0.39 is 11.8 Å². The SMILES string of the molecule is CC(C)(C)c1ccc(OCC(=O)NNC(=O)c2cccc(Br)c2)c(Br)c1. The van der Waals surface area contributed by atoms with Crippen LogP contribution >= 0.6 is 31.9 Å². The zero-order valence-corrected chi connectivity index (χ0v) is 17.9. The molecule has 2 aromatic rings. The van der Waals surface area contributed by atoms with Gasteiger partial charge in [0.05, 0.1) is 4.47 Å². The van der Waals surface area contributed by atoms with Crippen LogP contribution in [0.15, 0.2) is 51.4 Å². The number of benzene rings is 2. The molecule has 2 amide bonds. The molecule has 26 heavy (non-hydrogen) atoms. The van der Waals surface area contributed by atoms with E-state index in [1.54, 1.807) is 18.2 Å². The zero-order valence-electron chi connectivity index (χ0n) is 14.7. The Balaban J connectivity index is 1.86. The lowest BCUT2D eigenvalue weighted by molar-refractivity contribution is -0.123. The Hall–Kier alpha value is -1.86. The third-order valence-electron chi connectivity index (χ3n) is 3.56. The quantitative estimate of drug-likeness (QED) is 0.635. The van der Waals surface area contributed by atoms with Crippen molar-refractivity contribution in [2.24, 2.45) is 0 Å². The second-order valence-corrected chi connectivity index (χ2v) is 8.47. The molecule has 5 nitrogen and oxygen atoms in total. The molecule has 0 radical (unpaired) electrons. The molecule has 0 fully saturated rings. The largest absolute Gasteiger partial charge is 0.483 e. The van der Waals surface area contributed by atoms with Crippen LogP contribution in [-0.4, -0.2) is 18.4 Å². The van der Waals surface area contributed by atoms with Crippen LogP contribution in [-0.2, 0) is 10.2 Å². The molecule has 2 N–H and O–H groups in total. The van der Waals surface area contributed by atoms with E-state index in [4.69, 9.17) is 4.74 Å². The first-order valence-electron chi connectivity index (χ1n) is 7.94. The lowest BCUT2D eigenvalue weighted by Crippen LogP contribution is -2.43. The van der Waals surface area contributed by atoms with Crippen LogP contribution in [0.1, 0.15) is 36.7 Å². The van der Waals surface area contributed by atoms with E-state index in [0.29, 0.717) is 11.3 Å². The van der Waals surface area contributed by atoms with Gasteiger partial charge in [-0.15, -0.1) is 0 Å². The summed E-state index contributed by atoms with van der Waals surface area (Å²) < 4.78 is 7.06. The molecular weight excluding hydrogens is 464 g/mol. The number of carbonyl (C=O) groups is 2. The Morgan fingerprint density at radius 2 is 1.77 bits per heavy atom. The fourth-order valence-corrected chi connectivity index (χ4v) is 2.98. The van der Waals surface area contributed by atoms with Gasteiger partial charge in [0.15, 0.2) is 6.61 Å². The molecule has 0 heterocycles. The van der Waals surface area contributed by atoms with E-state index >= 15 is 0 Å².